The lowest BCUT2D eigenvalue weighted by atomic mass is 9.99. The molecule has 1 aromatic rings. The number of rotatable bonds is 6. The van der Waals surface area contributed by atoms with E-state index in [2.05, 4.69) is 5.32 Å². The number of hydrogen-bond donors (Lipinski definition) is 1. The van der Waals surface area contributed by atoms with Crippen LogP contribution in [-0.2, 0) is 19.6 Å². The summed E-state index contributed by atoms with van der Waals surface area (Å²) in [7, 11) is -3.41. The highest BCUT2D eigenvalue weighted by Gasteiger charge is 2.22. The van der Waals surface area contributed by atoms with E-state index in [0.717, 1.165) is 24.0 Å². The molecule has 1 aliphatic heterocycles. The number of amides is 1. The molecule has 24 heavy (non-hydrogen) atoms. The molecular weight excluding hydrogens is 328 g/mol. The first-order valence-corrected chi connectivity index (χ1v) is 10.0. The second-order valence-electron chi connectivity index (χ2n) is 6.28. The van der Waals surface area contributed by atoms with Gasteiger partial charge in [-0.15, -0.1) is 0 Å². The van der Waals surface area contributed by atoms with Crippen molar-refractivity contribution in [3.8, 4) is 0 Å². The lowest BCUT2D eigenvalue weighted by molar-refractivity contribution is -0.127. The van der Waals surface area contributed by atoms with Crippen LogP contribution in [0.15, 0.2) is 18.2 Å². The maximum atomic E-state index is 12.1. The molecule has 7 heteroatoms. The molecule has 1 aromatic carbocycles. The summed E-state index contributed by atoms with van der Waals surface area (Å²) < 4.78 is 30.8. The Bertz CT molecular complexity index is 682. The van der Waals surface area contributed by atoms with Gasteiger partial charge in [0.25, 0.3) is 0 Å². The second kappa shape index (κ2) is 7.98. The number of nitrogens with zero attached hydrogens (tertiary/aromatic N) is 1. The zero-order chi connectivity index (χ0) is 17.7. The fourth-order valence-corrected chi connectivity index (χ4v) is 3.67. The predicted octanol–water partition coefficient (Wildman–Crippen LogP) is 1.61. The SMILES string of the molecule is Cc1ccc(N(CCNC(=O)C2CCOCC2)S(C)(=O)=O)cc1C. The summed E-state index contributed by atoms with van der Waals surface area (Å²) in [4.78, 5) is 12.1. The number of aryl methyl sites for hydroxylation is 2. The Morgan fingerprint density at radius 1 is 1.25 bits per heavy atom. The largest absolute Gasteiger partial charge is 0.381 e. The van der Waals surface area contributed by atoms with Gasteiger partial charge < -0.3 is 10.1 Å². The molecule has 0 aliphatic carbocycles. The van der Waals surface area contributed by atoms with Crippen molar-refractivity contribution >= 4 is 21.6 Å². The number of carbonyl (C=O) groups excluding carboxylic acids is 1. The predicted molar refractivity (Wildman–Crippen MR) is 94.7 cm³/mol. The first-order chi connectivity index (χ1) is 11.3. The fourth-order valence-electron chi connectivity index (χ4n) is 2.75. The van der Waals surface area contributed by atoms with Gasteiger partial charge in [0.05, 0.1) is 18.5 Å². The number of hydrogen-bond acceptors (Lipinski definition) is 4. The summed E-state index contributed by atoms with van der Waals surface area (Å²) in [6.07, 6.45) is 2.63. The molecular formula is C17H26N2O4S. The van der Waals surface area contributed by atoms with E-state index >= 15 is 0 Å². The Morgan fingerprint density at radius 2 is 1.92 bits per heavy atom. The normalized spacial score (nSPS) is 16.0. The van der Waals surface area contributed by atoms with E-state index in [1.807, 2.05) is 26.0 Å². The first kappa shape index (κ1) is 18.7. The molecule has 0 atom stereocenters. The maximum absolute atomic E-state index is 12.1. The standard InChI is InChI=1S/C17H26N2O4S/c1-13-4-5-16(12-14(13)2)19(24(3,21)22)9-8-18-17(20)15-6-10-23-11-7-15/h4-5,12,15H,6-11H2,1-3H3,(H,18,20). The zero-order valence-corrected chi connectivity index (χ0v) is 15.4. The Balaban J connectivity index is 1.99. The molecule has 0 saturated carbocycles. The van der Waals surface area contributed by atoms with Gasteiger partial charge in [-0.2, -0.15) is 0 Å². The summed E-state index contributed by atoms with van der Waals surface area (Å²) in [6, 6.07) is 5.56. The quantitative estimate of drug-likeness (QED) is 0.842. The first-order valence-electron chi connectivity index (χ1n) is 8.19. The summed E-state index contributed by atoms with van der Waals surface area (Å²) in [6.45, 7) is 5.66. The van der Waals surface area contributed by atoms with E-state index in [1.165, 1.54) is 10.6 Å². The van der Waals surface area contributed by atoms with Crippen LogP contribution in [0.2, 0.25) is 0 Å². The smallest absolute Gasteiger partial charge is 0.232 e. The van der Waals surface area contributed by atoms with Crippen LogP contribution in [0.5, 0.6) is 0 Å². The van der Waals surface area contributed by atoms with Crippen LogP contribution in [-0.4, -0.2) is 46.9 Å². The maximum Gasteiger partial charge on any atom is 0.232 e. The minimum Gasteiger partial charge on any atom is -0.381 e. The van der Waals surface area contributed by atoms with E-state index < -0.39 is 10.0 Å². The molecule has 0 bridgehead atoms. The average molecular weight is 354 g/mol. The van der Waals surface area contributed by atoms with Crippen molar-refractivity contribution in [1.29, 1.82) is 0 Å². The van der Waals surface area contributed by atoms with Crippen molar-refractivity contribution in [2.75, 3.05) is 36.9 Å². The van der Waals surface area contributed by atoms with Crippen molar-refractivity contribution < 1.29 is 17.9 Å². The third-order valence-corrected chi connectivity index (χ3v) is 5.58. The Labute approximate surface area is 144 Å². The van der Waals surface area contributed by atoms with Gasteiger partial charge in [-0.05, 0) is 49.9 Å². The molecule has 1 N–H and O–H groups in total. The third-order valence-electron chi connectivity index (χ3n) is 4.39. The molecule has 0 unspecified atom stereocenters. The molecule has 1 amide bonds. The highest BCUT2D eigenvalue weighted by molar-refractivity contribution is 7.92. The molecule has 1 fully saturated rings. The van der Waals surface area contributed by atoms with Gasteiger partial charge in [0.15, 0.2) is 0 Å². The number of nitrogens with one attached hydrogen (secondary N) is 1. The van der Waals surface area contributed by atoms with E-state index in [-0.39, 0.29) is 24.9 Å². The van der Waals surface area contributed by atoms with Crippen LogP contribution in [0.4, 0.5) is 5.69 Å². The summed E-state index contributed by atoms with van der Waals surface area (Å²) >= 11 is 0. The monoisotopic (exact) mass is 354 g/mol. The fraction of sp³-hybridized carbons (Fsp3) is 0.588. The molecule has 1 heterocycles. The molecule has 6 nitrogen and oxygen atoms in total. The van der Waals surface area contributed by atoms with Crippen LogP contribution in [0.3, 0.4) is 0 Å². The molecule has 134 valence electrons. The Kier molecular flexibility index (Phi) is 6.23. The van der Waals surface area contributed by atoms with Gasteiger partial charge in [-0.3, -0.25) is 9.10 Å². The zero-order valence-electron chi connectivity index (χ0n) is 14.5. The van der Waals surface area contributed by atoms with Gasteiger partial charge >= 0.3 is 0 Å². The average Bonchev–Trinajstić information content (AvgIpc) is 2.54. The molecule has 1 saturated heterocycles. The second-order valence-corrected chi connectivity index (χ2v) is 8.19. The Hall–Kier alpha value is -1.60. The van der Waals surface area contributed by atoms with Crippen molar-refractivity contribution in [2.45, 2.75) is 26.7 Å². The topological polar surface area (TPSA) is 75.7 Å². The number of carbonyl (C=O) groups is 1. The molecule has 0 spiro atoms. The minimum absolute atomic E-state index is 0.0214. The minimum atomic E-state index is -3.41. The molecule has 0 aromatic heterocycles. The van der Waals surface area contributed by atoms with E-state index in [9.17, 15) is 13.2 Å². The number of benzene rings is 1. The number of ether oxygens (including phenoxy) is 1. The van der Waals surface area contributed by atoms with E-state index in [0.29, 0.717) is 18.9 Å². The number of anilines is 1. The molecule has 0 radical (unpaired) electrons. The van der Waals surface area contributed by atoms with Crippen LogP contribution in [0.25, 0.3) is 0 Å². The van der Waals surface area contributed by atoms with Gasteiger partial charge in [0, 0.05) is 25.7 Å². The van der Waals surface area contributed by atoms with Gasteiger partial charge in [-0.1, -0.05) is 6.07 Å². The lowest BCUT2D eigenvalue weighted by Crippen LogP contribution is -2.41. The highest BCUT2D eigenvalue weighted by Crippen LogP contribution is 2.21. The molecule has 1 aliphatic rings. The van der Waals surface area contributed by atoms with Crippen molar-refractivity contribution in [3.63, 3.8) is 0 Å². The van der Waals surface area contributed by atoms with Crippen LogP contribution in [0, 0.1) is 19.8 Å². The Morgan fingerprint density at radius 3 is 2.50 bits per heavy atom. The van der Waals surface area contributed by atoms with Gasteiger partial charge in [0.2, 0.25) is 15.9 Å². The highest BCUT2D eigenvalue weighted by atomic mass is 32.2. The number of sulfonamides is 1. The van der Waals surface area contributed by atoms with E-state index in [1.54, 1.807) is 6.07 Å². The third kappa shape index (κ3) is 4.95. The van der Waals surface area contributed by atoms with Crippen molar-refractivity contribution in [3.05, 3.63) is 29.3 Å². The van der Waals surface area contributed by atoms with Crippen molar-refractivity contribution in [1.82, 2.24) is 5.32 Å². The van der Waals surface area contributed by atoms with Gasteiger partial charge in [-0.25, -0.2) is 8.42 Å². The summed E-state index contributed by atoms with van der Waals surface area (Å²) in [5, 5.41) is 2.85. The van der Waals surface area contributed by atoms with E-state index in [4.69, 9.17) is 4.74 Å². The van der Waals surface area contributed by atoms with Crippen LogP contribution < -0.4 is 9.62 Å². The summed E-state index contributed by atoms with van der Waals surface area (Å²) in [5.41, 5.74) is 2.77. The van der Waals surface area contributed by atoms with Crippen LogP contribution >= 0.6 is 0 Å². The van der Waals surface area contributed by atoms with Crippen molar-refractivity contribution in [2.24, 2.45) is 5.92 Å². The van der Waals surface area contributed by atoms with Crippen LogP contribution in [0.1, 0.15) is 24.0 Å². The molecule has 2 rings (SSSR count). The lowest BCUT2D eigenvalue weighted by Gasteiger charge is -2.25. The van der Waals surface area contributed by atoms with Gasteiger partial charge in [0.1, 0.15) is 0 Å². The summed E-state index contributed by atoms with van der Waals surface area (Å²) in [5.74, 6) is -0.0566.